The van der Waals surface area contributed by atoms with Gasteiger partial charge in [0.2, 0.25) is 5.91 Å². The predicted octanol–water partition coefficient (Wildman–Crippen LogP) is 2.55. The van der Waals surface area contributed by atoms with Crippen LogP contribution in [0.1, 0.15) is 32.8 Å². The van der Waals surface area contributed by atoms with Gasteiger partial charge in [-0.05, 0) is 32.9 Å². The van der Waals surface area contributed by atoms with E-state index in [-0.39, 0.29) is 35.7 Å². The van der Waals surface area contributed by atoms with Crippen LogP contribution in [0, 0.1) is 23.0 Å². The molecule has 0 saturated heterocycles. The summed E-state index contributed by atoms with van der Waals surface area (Å²) < 4.78 is 27.1. The molecule has 4 nitrogen and oxygen atoms in total. The summed E-state index contributed by atoms with van der Waals surface area (Å²) in [5.74, 6) is -1.91. The molecule has 0 aromatic heterocycles. The molecular formula is C14H17F2N3O. The van der Waals surface area contributed by atoms with Crippen molar-refractivity contribution < 1.29 is 13.6 Å². The van der Waals surface area contributed by atoms with Crippen LogP contribution in [0.2, 0.25) is 0 Å². The lowest BCUT2D eigenvalue weighted by Crippen LogP contribution is -2.41. The first kappa shape index (κ1) is 15.9. The number of hydrogen-bond donors (Lipinski definition) is 2. The molecule has 0 fully saturated rings. The first-order chi connectivity index (χ1) is 9.23. The SMILES string of the molecule is CC(C)(C)NC(=O)CCNc1c(F)cc(C#N)cc1F. The number of rotatable bonds is 4. The molecule has 1 rings (SSSR count). The summed E-state index contributed by atoms with van der Waals surface area (Å²) in [4.78, 5) is 11.5. The van der Waals surface area contributed by atoms with Crippen LogP contribution < -0.4 is 10.6 Å². The van der Waals surface area contributed by atoms with E-state index in [4.69, 9.17) is 5.26 Å². The maximum atomic E-state index is 13.5. The molecule has 0 atom stereocenters. The summed E-state index contributed by atoms with van der Waals surface area (Å²) in [6.45, 7) is 5.64. The predicted molar refractivity (Wildman–Crippen MR) is 72.1 cm³/mol. The molecule has 0 aliphatic carbocycles. The van der Waals surface area contributed by atoms with Gasteiger partial charge in [-0.1, -0.05) is 0 Å². The number of carbonyl (C=O) groups excluding carboxylic acids is 1. The van der Waals surface area contributed by atoms with Crippen LogP contribution in [0.5, 0.6) is 0 Å². The Hall–Kier alpha value is -2.16. The Morgan fingerprint density at radius 3 is 2.30 bits per heavy atom. The van der Waals surface area contributed by atoms with E-state index in [1.54, 1.807) is 6.07 Å². The third-order valence-electron chi connectivity index (χ3n) is 2.34. The zero-order valence-electron chi connectivity index (χ0n) is 11.7. The van der Waals surface area contributed by atoms with Crippen molar-refractivity contribution in [2.24, 2.45) is 0 Å². The number of benzene rings is 1. The molecule has 0 unspecified atom stereocenters. The van der Waals surface area contributed by atoms with Gasteiger partial charge in [0.25, 0.3) is 0 Å². The van der Waals surface area contributed by atoms with Gasteiger partial charge in [0.1, 0.15) is 5.69 Å². The third kappa shape index (κ3) is 4.84. The van der Waals surface area contributed by atoms with Crippen molar-refractivity contribution in [2.75, 3.05) is 11.9 Å². The Kier molecular flexibility index (Phi) is 5.03. The highest BCUT2D eigenvalue weighted by molar-refractivity contribution is 5.77. The fourth-order valence-electron chi connectivity index (χ4n) is 1.59. The minimum atomic E-state index is -0.849. The Balaban J connectivity index is 2.59. The van der Waals surface area contributed by atoms with Gasteiger partial charge in [0, 0.05) is 18.5 Å². The number of anilines is 1. The third-order valence-corrected chi connectivity index (χ3v) is 2.34. The molecule has 0 saturated carbocycles. The summed E-state index contributed by atoms with van der Waals surface area (Å²) in [5, 5.41) is 13.9. The fraction of sp³-hybridized carbons (Fsp3) is 0.429. The molecule has 0 spiro atoms. The van der Waals surface area contributed by atoms with E-state index in [1.165, 1.54) is 0 Å². The van der Waals surface area contributed by atoms with Crippen LogP contribution in [-0.2, 0) is 4.79 Å². The molecule has 6 heteroatoms. The number of carbonyl (C=O) groups is 1. The highest BCUT2D eigenvalue weighted by Crippen LogP contribution is 2.20. The topological polar surface area (TPSA) is 64.9 Å². The molecule has 108 valence electrons. The van der Waals surface area contributed by atoms with Crippen LogP contribution in [0.25, 0.3) is 0 Å². The minimum Gasteiger partial charge on any atom is -0.380 e. The molecule has 1 aromatic rings. The number of nitrogens with zero attached hydrogens (tertiary/aromatic N) is 1. The molecule has 0 aliphatic rings. The van der Waals surface area contributed by atoms with Gasteiger partial charge in [0.15, 0.2) is 11.6 Å². The summed E-state index contributed by atoms with van der Waals surface area (Å²) in [6, 6.07) is 3.55. The number of halogens is 2. The second-order valence-corrected chi connectivity index (χ2v) is 5.40. The summed E-state index contributed by atoms with van der Waals surface area (Å²) in [5.41, 5.74) is -0.759. The molecule has 1 aromatic carbocycles. The van der Waals surface area contributed by atoms with Crippen LogP contribution in [0.3, 0.4) is 0 Å². The quantitative estimate of drug-likeness (QED) is 0.891. The average Bonchev–Trinajstić information content (AvgIpc) is 2.30. The van der Waals surface area contributed by atoms with Gasteiger partial charge >= 0.3 is 0 Å². The van der Waals surface area contributed by atoms with E-state index in [0.29, 0.717) is 0 Å². The number of nitrogens with one attached hydrogen (secondary N) is 2. The largest absolute Gasteiger partial charge is 0.380 e. The second kappa shape index (κ2) is 6.33. The van der Waals surface area contributed by atoms with E-state index >= 15 is 0 Å². The van der Waals surface area contributed by atoms with Crippen molar-refractivity contribution >= 4 is 11.6 Å². The van der Waals surface area contributed by atoms with Crippen LogP contribution in [-0.4, -0.2) is 18.0 Å². The van der Waals surface area contributed by atoms with Crippen molar-refractivity contribution in [1.29, 1.82) is 5.26 Å². The lowest BCUT2D eigenvalue weighted by molar-refractivity contribution is -0.122. The van der Waals surface area contributed by atoms with Gasteiger partial charge in [0.05, 0.1) is 11.6 Å². The second-order valence-electron chi connectivity index (χ2n) is 5.40. The highest BCUT2D eigenvalue weighted by atomic mass is 19.1. The standard InChI is InChI=1S/C14H17F2N3O/c1-14(2,3)19-12(20)4-5-18-13-10(15)6-9(8-17)7-11(13)16/h6-7,18H,4-5H2,1-3H3,(H,19,20). The molecule has 0 aliphatic heterocycles. The highest BCUT2D eigenvalue weighted by Gasteiger charge is 2.14. The first-order valence-corrected chi connectivity index (χ1v) is 6.17. The fourth-order valence-corrected chi connectivity index (χ4v) is 1.59. The average molecular weight is 281 g/mol. The van der Waals surface area contributed by atoms with Crippen LogP contribution in [0.4, 0.5) is 14.5 Å². The van der Waals surface area contributed by atoms with E-state index < -0.39 is 11.6 Å². The monoisotopic (exact) mass is 281 g/mol. The van der Waals surface area contributed by atoms with Gasteiger partial charge in [-0.15, -0.1) is 0 Å². The summed E-state index contributed by atoms with van der Waals surface area (Å²) in [7, 11) is 0. The Labute approximate surface area is 116 Å². The van der Waals surface area contributed by atoms with Crippen molar-refractivity contribution in [3.05, 3.63) is 29.3 Å². The molecule has 0 bridgehead atoms. The zero-order chi connectivity index (χ0) is 15.3. The summed E-state index contributed by atoms with van der Waals surface area (Å²) >= 11 is 0. The number of amides is 1. The Morgan fingerprint density at radius 2 is 1.85 bits per heavy atom. The Bertz CT molecular complexity index is 521. The smallest absolute Gasteiger partial charge is 0.222 e. The maximum absolute atomic E-state index is 13.5. The molecule has 20 heavy (non-hydrogen) atoms. The van der Waals surface area contributed by atoms with Crippen LogP contribution >= 0.6 is 0 Å². The lowest BCUT2D eigenvalue weighted by atomic mass is 10.1. The normalized spacial score (nSPS) is 10.8. The van der Waals surface area contributed by atoms with Gasteiger partial charge in [-0.2, -0.15) is 5.26 Å². The maximum Gasteiger partial charge on any atom is 0.222 e. The Morgan fingerprint density at radius 1 is 1.30 bits per heavy atom. The molecule has 2 N–H and O–H groups in total. The van der Waals surface area contributed by atoms with E-state index in [1.807, 2.05) is 20.8 Å². The molecule has 1 amide bonds. The lowest BCUT2D eigenvalue weighted by Gasteiger charge is -2.20. The molecule has 0 heterocycles. The molecular weight excluding hydrogens is 264 g/mol. The van der Waals surface area contributed by atoms with Gasteiger partial charge in [-0.3, -0.25) is 4.79 Å². The van der Waals surface area contributed by atoms with Crippen molar-refractivity contribution in [2.45, 2.75) is 32.7 Å². The van der Waals surface area contributed by atoms with Crippen LogP contribution in [0.15, 0.2) is 12.1 Å². The number of hydrogen-bond acceptors (Lipinski definition) is 3. The van der Waals surface area contributed by atoms with Crippen molar-refractivity contribution in [3.8, 4) is 6.07 Å². The number of nitriles is 1. The van der Waals surface area contributed by atoms with Crippen molar-refractivity contribution in [1.82, 2.24) is 5.32 Å². The molecule has 0 radical (unpaired) electrons. The summed E-state index contributed by atoms with van der Waals surface area (Å²) in [6.07, 6.45) is 0.0934. The first-order valence-electron chi connectivity index (χ1n) is 6.17. The zero-order valence-corrected chi connectivity index (χ0v) is 11.7. The minimum absolute atomic E-state index is 0.0870. The van der Waals surface area contributed by atoms with E-state index in [9.17, 15) is 13.6 Å². The van der Waals surface area contributed by atoms with E-state index in [0.717, 1.165) is 12.1 Å². The van der Waals surface area contributed by atoms with E-state index in [2.05, 4.69) is 10.6 Å². The van der Waals surface area contributed by atoms with Crippen molar-refractivity contribution in [3.63, 3.8) is 0 Å². The van der Waals surface area contributed by atoms with Gasteiger partial charge in [-0.25, -0.2) is 8.78 Å². The van der Waals surface area contributed by atoms with Gasteiger partial charge < -0.3 is 10.6 Å².